The maximum absolute atomic E-state index is 13.4. The van der Waals surface area contributed by atoms with Crippen molar-refractivity contribution >= 4 is 47.2 Å². The molecule has 0 saturated carbocycles. The van der Waals surface area contributed by atoms with Crippen molar-refractivity contribution in [2.45, 2.75) is 52.6 Å². The Kier molecular flexibility index (Phi) is 32.0. The average Bonchev–Trinajstić information content (AvgIpc) is 1.54. The zero-order valence-corrected chi connectivity index (χ0v) is 59.5. The number of carbonyl (C=O) groups excluding carboxylic acids is 5. The van der Waals surface area contributed by atoms with Gasteiger partial charge < -0.3 is 85.2 Å². The number of halogens is 5. The molecule has 6 aliphatic rings. The largest absolute Gasteiger partial charge is 0.416 e. The monoisotopic (exact) mass is 1400 g/mol. The molecular weight excluding hydrogens is 1300 g/mol. The van der Waals surface area contributed by atoms with Crippen LogP contribution in [-0.2, 0) is 43.5 Å². The van der Waals surface area contributed by atoms with Crippen LogP contribution in [0.25, 0.3) is 0 Å². The van der Waals surface area contributed by atoms with E-state index in [2.05, 4.69) is 145 Å². The van der Waals surface area contributed by atoms with E-state index in [4.69, 9.17) is 4.74 Å². The lowest BCUT2D eigenvalue weighted by Gasteiger charge is -2.32. The number of thiophene rings is 1. The number of likely N-dealkylation sites (N-methyl/N-ethyl adjacent to an activating group) is 5. The van der Waals surface area contributed by atoms with Gasteiger partial charge in [0.05, 0.1) is 18.8 Å². The second-order valence-electron chi connectivity index (χ2n) is 25.7. The predicted octanol–water partition coefficient (Wildman–Crippen LogP) is 7.57. The van der Waals surface area contributed by atoms with E-state index in [1.165, 1.54) is 39.4 Å². The molecule has 6 aliphatic heterocycles. The Labute approximate surface area is 585 Å². The van der Waals surface area contributed by atoms with Crippen LogP contribution in [0, 0.1) is 25.5 Å². The minimum absolute atomic E-state index is 0.00519. The summed E-state index contributed by atoms with van der Waals surface area (Å²) in [4.78, 5) is 83.6. The molecule has 99 heavy (non-hydrogen) atoms. The number of urea groups is 5. The predicted molar refractivity (Wildman–Crippen MR) is 379 cm³/mol. The molecule has 11 rings (SSSR count). The third kappa shape index (κ3) is 27.3. The van der Waals surface area contributed by atoms with Crippen LogP contribution in [0.4, 0.5) is 51.6 Å². The summed E-state index contributed by atoms with van der Waals surface area (Å²) in [6, 6.07) is 26.6. The Morgan fingerprint density at radius 1 is 0.444 bits per heavy atom. The number of amides is 10. The molecule has 4 aromatic carbocycles. The van der Waals surface area contributed by atoms with Crippen molar-refractivity contribution in [1.29, 1.82) is 0 Å². The lowest BCUT2D eigenvalue weighted by molar-refractivity contribution is -0.137. The summed E-state index contributed by atoms with van der Waals surface area (Å²) in [6.45, 7) is 26.4. The number of anilines is 1. The second kappa shape index (κ2) is 40.4. The van der Waals surface area contributed by atoms with Crippen LogP contribution in [0.5, 0.6) is 0 Å². The van der Waals surface area contributed by atoms with Crippen molar-refractivity contribution in [2.24, 2.45) is 0 Å². The number of hydrogen-bond donors (Lipinski definition) is 5. The topological polar surface area (TPSA) is 190 Å². The molecule has 0 aliphatic carbocycles. The quantitative estimate of drug-likeness (QED) is 0.0772. The first-order valence-electron chi connectivity index (χ1n) is 34.1. The van der Waals surface area contributed by atoms with Crippen LogP contribution in [0.2, 0.25) is 0 Å². The van der Waals surface area contributed by atoms with Gasteiger partial charge in [0.25, 0.3) is 0 Å². The zero-order chi connectivity index (χ0) is 71.3. The van der Waals surface area contributed by atoms with Gasteiger partial charge in [0.15, 0.2) is 0 Å². The van der Waals surface area contributed by atoms with Crippen LogP contribution < -0.4 is 31.5 Å². The fourth-order valence-corrected chi connectivity index (χ4v) is 12.0. The molecule has 6 saturated heterocycles. The molecule has 22 nitrogen and oxygen atoms in total. The number of benzene rings is 4. The minimum atomic E-state index is -4.33. The van der Waals surface area contributed by atoms with E-state index in [1.54, 1.807) is 21.1 Å². The average molecular weight is 1400 g/mol. The molecule has 0 unspecified atom stereocenters. The van der Waals surface area contributed by atoms with Gasteiger partial charge in [-0.2, -0.15) is 13.2 Å². The van der Waals surface area contributed by atoms with Crippen molar-refractivity contribution in [1.82, 2.24) is 75.6 Å². The highest BCUT2D eigenvalue weighted by Gasteiger charge is 2.30. The van der Waals surface area contributed by atoms with Crippen LogP contribution in [-0.4, -0.2) is 278 Å². The Morgan fingerprint density at radius 2 is 0.828 bits per heavy atom. The Morgan fingerprint density at radius 3 is 1.22 bits per heavy atom. The number of alkyl halides is 3. The fourth-order valence-electron chi connectivity index (χ4n) is 11.3. The van der Waals surface area contributed by atoms with Gasteiger partial charge in [0.1, 0.15) is 11.6 Å². The highest BCUT2D eigenvalue weighted by molar-refractivity contribution is 7.09. The normalized spacial score (nSPS) is 17.4. The molecule has 0 radical (unpaired) electrons. The summed E-state index contributed by atoms with van der Waals surface area (Å²) in [5.41, 5.74) is 6.17. The first-order chi connectivity index (χ1) is 47.5. The van der Waals surface area contributed by atoms with Crippen molar-refractivity contribution in [3.8, 4) is 0 Å². The van der Waals surface area contributed by atoms with Gasteiger partial charge in [-0.15, -0.1) is 11.3 Å². The smallest absolute Gasteiger partial charge is 0.378 e. The number of nitrogens with one attached hydrogen (secondary N) is 5. The van der Waals surface area contributed by atoms with Crippen molar-refractivity contribution < 1.29 is 50.7 Å². The van der Waals surface area contributed by atoms with Crippen LogP contribution in [0.3, 0.4) is 0 Å². The highest BCUT2D eigenvalue weighted by atomic mass is 32.1. The van der Waals surface area contributed by atoms with Crippen molar-refractivity contribution in [3.63, 3.8) is 0 Å². The number of hydrogen-bond acceptors (Lipinski definition) is 13. The maximum atomic E-state index is 13.4. The first-order valence-corrected chi connectivity index (χ1v) is 35.0. The number of aryl methyl sites for hydroxylation is 2. The van der Waals surface area contributed by atoms with Crippen LogP contribution in [0.1, 0.15) is 43.8 Å². The Balaban J connectivity index is 0.000000175. The number of ether oxygens (including phenoxy) is 1. The molecule has 5 N–H and O–H groups in total. The number of rotatable bonds is 12. The van der Waals surface area contributed by atoms with Gasteiger partial charge in [0.2, 0.25) is 0 Å². The van der Waals surface area contributed by atoms with Gasteiger partial charge in [0, 0.05) is 193 Å². The first kappa shape index (κ1) is 78.5. The summed E-state index contributed by atoms with van der Waals surface area (Å²) in [5, 5.41) is 16.4. The number of nitrogens with zero attached hydrogens (tertiary/aromatic N) is 11. The summed E-state index contributed by atoms with van der Waals surface area (Å²) in [5.74, 6) is -1.02. The van der Waals surface area contributed by atoms with Gasteiger partial charge in [-0.05, 0) is 137 Å². The molecule has 28 heteroatoms. The van der Waals surface area contributed by atoms with E-state index < -0.39 is 23.4 Å². The van der Waals surface area contributed by atoms with Crippen LogP contribution in [0.15, 0.2) is 102 Å². The summed E-state index contributed by atoms with van der Waals surface area (Å²) >= 11 is 1.74. The molecular formula is C71H103F5N16O6S. The number of carbonyl (C=O) groups is 5. The lowest BCUT2D eigenvalue weighted by Crippen LogP contribution is -2.50. The summed E-state index contributed by atoms with van der Waals surface area (Å²) in [7, 11) is 10.3. The Hall–Kier alpha value is -7.86. The van der Waals surface area contributed by atoms with Crippen molar-refractivity contribution in [3.05, 3.63) is 158 Å². The van der Waals surface area contributed by atoms with E-state index >= 15 is 0 Å². The van der Waals surface area contributed by atoms with Gasteiger partial charge in [-0.25, -0.2) is 32.8 Å². The van der Waals surface area contributed by atoms with Crippen LogP contribution >= 0.6 is 11.3 Å². The van der Waals surface area contributed by atoms with Gasteiger partial charge in [-0.1, -0.05) is 48.5 Å². The minimum Gasteiger partial charge on any atom is -0.378 e. The molecule has 0 atom stereocenters. The molecule has 0 spiro atoms. The van der Waals surface area contributed by atoms with Gasteiger partial charge in [-0.3, -0.25) is 0 Å². The third-order valence-electron chi connectivity index (χ3n) is 18.2. The van der Waals surface area contributed by atoms with E-state index in [1.807, 2.05) is 34.9 Å². The molecule has 6 fully saturated rings. The molecule has 544 valence electrons. The lowest BCUT2D eigenvalue weighted by atomic mass is 10.0. The summed E-state index contributed by atoms with van der Waals surface area (Å²) < 4.78 is 69.0. The number of piperazine rings is 5. The number of morpholine rings is 1. The second-order valence-corrected chi connectivity index (χ2v) is 26.7. The van der Waals surface area contributed by atoms with E-state index in [9.17, 15) is 45.9 Å². The SMILES string of the molecule is CN1CCN(C(=O)NCCc2cccs2)CC1.CN1CCN(C(=O)NCc2cc(F)ccc2F)CC1.CN1CCN(C(=O)NCc2ccc(C(F)(F)F)cc2)CC1.CN1CCN(C(=O)NCc2ccc(N3CCOCC3)cc2)CC1.Cc1cccc(C)c1CNC(=O)N1CCN(C)CC1. The van der Waals surface area contributed by atoms with E-state index in [-0.39, 0.29) is 48.8 Å². The fraction of sp³-hybridized carbons (Fsp3) is 0.535. The van der Waals surface area contributed by atoms with E-state index in [0.29, 0.717) is 44.8 Å². The molecule has 0 bridgehead atoms. The zero-order valence-electron chi connectivity index (χ0n) is 58.7. The van der Waals surface area contributed by atoms with Gasteiger partial charge >= 0.3 is 36.3 Å². The molecule has 7 heterocycles. The molecule has 1 aromatic heterocycles. The molecule has 5 aromatic rings. The third-order valence-corrected chi connectivity index (χ3v) is 19.1. The van der Waals surface area contributed by atoms with Crippen molar-refractivity contribution in [2.75, 3.05) is 204 Å². The summed E-state index contributed by atoms with van der Waals surface area (Å²) in [6.07, 6.45) is -3.40. The van der Waals surface area contributed by atoms with E-state index in [0.717, 1.165) is 180 Å². The standard InChI is InChI=1S/C17H26N4O2.C15H23N3O.C14H18F3N3O.C13H17F2N3O.C12H19N3OS/c1-19-6-8-21(9-7-19)17(22)18-14-15-2-4-16(5-3-15)20-10-12-23-13-11-20;1-12-5-4-6-13(2)14(12)11-16-15(19)18-9-7-17(3)8-10-18;1-19-6-8-20(9-7-19)13(21)18-10-11-2-4-12(5-3-11)14(15,16)17;1-17-4-6-18(7-5-17)13(19)16-9-10-8-11(14)2-3-12(10)15;1-14-6-8-15(9-7-14)12(16)13-5-4-11-3-2-10-17-11/h2-5H,6-14H2,1H3,(H,18,22);4-6H,7-11H2,1-3H3,(H,16,19);2-5H,6-10H2,1H3,(H,18,21);2-3,8H,4-7,9H2,1H3,(H,16,19);2-3,10H,4-9H2,1H3,(H,13,16). The maximum Gasteiger partial charge on any atom is 0.416 e. The Bertz CT molecular complexity index is 3220. The highest BCUT2D eigenvalue weighted by Crippen LogP contribution is 2.29. The molecule has 10 amide bonds.